The molecule has 1 unspecified atom stereocenters. The van der Waals surface area contributed by atoms with E-state index in [1.54, 1.807) is 4.90 Å². The Morgan fingerprint density at radius 2 is 1.82 bits per heavy atom. The Morgan fingerprint density at radius 3 is 2.29 bits per heavy atom. The summed E-state index contributed by atoms with van der Waals surface area (Å²) in [7, 11) is 0. The minimum Gasteiger partial charge on any atom is -0.359 e. The summed E-state index contributed by atoms with van der Waals surface area (Å²) in [4.78, 5) is 13.9. The van der Waals surface area contributed by atoms with Gasteiger partial charge in [-0.1, -0.05) is 32.0 Å². The lowest BCUT2D eigenvalue weighted by molar-refractivity contribution is -0.124. The van der Waals surface area contributed by atoms with Crippen LogP contribution in [0.4, 0.5) is 5.69 Å². The van der Waals surface area contributed by atoms with Gasteiger partial charge in [-0.3, -0.25) is 9.69 Å². The minimum absolute atomic E-state index is 0.0434. The van der Waals surface area contributed by atoms with Crippen molar-refractivity contribution < 1.29 is 9.53 Å². The average molecular weight is 235 g/mol. The van der Waals surface area contributed by atoms with E-state index in [4.69, 9.17) is 4.74 Å². The van der Waals surface area contributed by atoms with E-state index in [0.29, 0.717) is 6.61 Å². The van der Waals surface area contributed by atoms with Gasteiger partial charge in [-0.25, -0.2) is 0 Å². The fourth-order valence-electron chi connectivity index (χ4n) is 1.70. The molecule has 0 bridgehead atoms. The molecule has 0 saturated carbocycles. The van der Waals surface area contributed by atoms with Gasteiger partial charge in [0.1, 0.15) is 6.23 Å². The van der Waals surface area contributed by atoms with Crippen LogP contribution in [0.15, 0.2) is 30.3 Å². The zero-order valence-electron chi connectivity index (χ0n) is 11.0. The molecule has 0 radical (unpaired) electrons. The largest absolute Gasteiger partial charge is 0.359 e. The van der Waals surface area contributed by atoms with E-state index >= 15 is 0 Å². The number of amides is 1. The van der Waals surface area contributed by atoms with Gasteiger partial charge < -0.3 is 4.74 Å². The second kappa shape index (κ2) is 6.40. The van der Waals surface area contributed by atoms with Crippen molar-refractivity contribution in [3.05, 3.63) is 30.3 Å². The molecule has 0 spiro atoms. The number of para-hydroxylation sites is 1. The molecule has 0 aliphatic heterocycles. The molecule has 1 amide bonds. The number of hydrogen-bond acceptors (Lipinski definition) is 2. The van der Waals surface area contributed by atoms with Gasteiger partial charge >= 0.3 is 0 Å². The monoisotopic (exact) mass is 235 g/mol. The van der Waals surface area contributed by atoms with Crippen molar-refractivity contribution in [1.82, 2.24) is 0 Å². The summed E-state index contributed by atoms with van der Waals surface area (Å²) in [6, 6.07) is 9.64. The second-order valence-corrected chi connectivity index (χ2v) is 4.25. The number of benzene rings is 1. The number of carbonyl (C=O) groups is 1. The van der Waals surface area contributed by atoms with Crippen molar-refractivity contribution in [2.75, 3.05) is 11.5 Å². The Morgan fingerprint density at radius 1 is 1.24 bits per heavy atom. The van der Waals surface area contributed by atoms with Gasteiger partial charge in [-0.05, 0) is 26.0 Å². The molecule has 0 aliphatic carbocycles. The molecule has 0 saturated heterocycles. The Kier molecular flexibility index (Phi) is 5.16. The van der Waals surface area contributed by atoms with Gasteiger partial charge in [-0.2, -0.15) is 0 Å². The summed E-state index contributed by atoms with van der Waals surface area (Å²) >= 11 is 0. The molecule has 1 aromatic rings. The molecule has 1 aromatic carbocycles. The average Bonchev–Trinajstić information content (AvgIpc) is 2.31. The summed E-state index contributed by atoms with van der Waals surface area (Å²) in [5, 5.41) is 0. The molecule has 0 aliphatic rings. The Bertz CT molecular complexity index is 348. The Balaban J connectivity index is 2.98. The van der Waals surface area contributed by atoms with E-state index in [-0.39, 0.29) is 18.1 Å². The van der Waals surface area contributed by atoms with E-state index in [0.717, 1.165) is 5.69 Å². The van der Waals surface area contributed by atoms with Crippen molar-refractivity contribution in [3.8, 4) is 0 Å². The second-order valence-electron chi connectivity index (χ2n) is 4.25. The number of rotatable bonds is 5. The fraction of sp³-hybridized carbons (Fsp3) is 0.500. The molecular weight excluding hydrogens is 214 g/mol. The zero-order chi connectivity index (χ0) is 12.8. The van der Waals surface area contributed by atoms with E-state index in [2.05, 4.69) is 0 Å². The molecule has 0 fully saturated rings. The van der Waals surface area contributed by atoms with Crippen LogP contribution in [0.2, 0.25) is 0 Å². The molecule has 0 N–H and O–H groups in total. The summed E-state index contributed by atoms with van der Waals surface area (Å²) in [6.45, 7) is 8.22. The van der Waals surface area contributed by atoms with Gasteiger partial charge in [0.15, 0.2) is 0 Å². The van der Waals surface area contributed by atoms with Crippen LogP contribution in [-0.2, 0) is 9.53 Å². The minimum atomic E-state index is -0.239. The van der Waals surface area contributed by atoms with Crippen molar-refractivity contribution in [3.63, 3.8) is 0 Å². The summed E-state index contributed by atoms with van der Waals surface area (Å²) < 4.78 is 5.53. The molecule has 0 aromatic heterocycles. The van der Waals surface area contributed by atoms with E-state index < -0.39 is 0 Å². The van der Waals surface area contributed by atoms with Crippen LogP contribution in [0.25, 0.3) is 0 Å². The molecule has 17 heavy (non-hydrogen) atoms. The first-order chi connectivity index (χ1) is 8.07. The highest BCUT2D eigenvalue weighted by atomic mass is 16.5. The third-order valence-corrected chi connectivity index (χ3v) is 2.54. The molecule has 1 atom stereocenters. The van der Waals surface area contributed by atoms with Gasteiger partial charge in [0.05, 0.1) is 0 Å². The van der Waals surface area contributed by atoms with Crippen LogP contribution in [0.3, 0.4) is 0 Å². The van der Waals surface area contributed by atoms with E-state index in [1.807, 2.05) is 58.0 Å². The first-order valence-corrected chi connectivity index (χ1v) is 6.07. The van der Waals surface area contributed by atoms with Crippen LogP contribution >= 0.6 is 0 Å². The summed E-state index contributed by atoms with van der Waals surface area (Å²) in [5.41, 5.74) is 0.882. The molecule has 3 nitrogen and oxygen atoms in total. The number of carbonyl (C=O) groups excluding carboxylic acids is 1. The lowest BCUT2D eigenvalue weighted by Gasteiger charge is -2.30. The highest BCUT2D eigenvalue weighted by Gasteiger charge is 2.24. The number of ether oxygens (including phenoxy) is 1. The lowest BCUT2D eigenvalue weighted by Crippen LogP contribution is -2.42. The first kappa shape index (κ1) is 13.7. The van der Waals surface area contributed by atoms with Crippen molar-refractivity contribution >= 4 is 11.6 Å². The molecule has 1 rings (SSSR count). The van der Waals surface area contributed by atoms with E-state index in [1.165, 1.54) is 0 Å². The van der Waals surface area contributed by atoms with Crippen LogP contribution < -0.4 is 4.90 Å². The summed E-state index contributed by atoms with van der Waals surface area (Å²) in [5.74, 6) is 0.0373. The lowest BCUT2D eigenvalue weighted by atomic mass is 10.1. The normalized spacial score (nSPS) is 12.5. The summed E-state index contributed by atoms with van der Waals surface area (Å²) in [6.07, 6.45) is -0.239. The fourth-order valence-corrected chi connectivity index (χ4v) is 1.70. The number of anilines is 1. The maximum Gasteiger partial charge on any atom is 0.231 e. The van der Waals surface area contributed by atoms with Crippen LogP contribution in [-0.4, -0.2) is 18.7 Å². The van der Waals surface area contributed by atoms with Gasteiger partial charge in [0, 0.05) is 18.2 Å². The molecule has 94 valence electrons. The van der Waals surface area contributed by atoms with Gasteiger partial charge in [0.25, 0.3) is 0 Å². The first-order valence-electron chi connectivity index (χ1n) is 6.07. The topological polar surface area (TPSA) is 29.5 Å². The van der Waals surface area contributed by atoms with Crippen LogP contribution in [0, 0.1) is 5.92 Å². The van der Waals surface area contributed by atoms with Crippen molar-refractivity contribution in [2.24, 2.45) is 5.92 Å². The predicted octanol–water partition coefficient (Wildman–Crippen LogP) is 3.06. The number of hydrogen-bond donors (Lipinski definition) is 0. The predicted molar refractivity (Wildman–Crippen MR) is 69.9 cm³/mol. The molecular formula is C14H21NO2. The third kappa shape index (κ3) is 3.56. The van der Waals surface area contributed by atoms with E-state index in [9.17, 15) is 4.79 Å². The molecule has 3 heteroatoms. The van der Waals surface area contributed by atoms with Gasteiger partial charge in [0.2, 0.25) is 5.91 Å². The van der Waals surface area contributed by atoms with Gasteiger partial charge in [-0.15, -0.1) is 0 Å². The maximum absolute atomic E-state index is 12.2. The van der Waals surface area contributed by atoms with Crippen molar-refractivity contribution in [1.29, 1.82) is 0 Å². The smallest absolute Gasteiger partial charge is 0.231 e. The van der Waals surface area contributed by atoms with Crippen LogP contribution in [0.1, 0.15) is 27.7 Å². The number of nitrogens with zero attached hydrogens (tertiary/aromatic N) is 1. The highest BCUT2D eigenvalue weighted by Crippen LogP contribution is 2.19. The molecule has 0 heterocycles. The highest BCUT2D eigenvalue weighted by molar-refractivity contribution is 5.94. The SMILES string of the molecule is CCOC(C)N(C(=O)C(C)C)c1ccccc1. The third-order valence-electron chi connectivity index (χ3n) is 2.54. The van der Waals surface area contributed by atoms with Crippen molar-refractivity contribution in [2.45, 2.75) is 33.9 Å². The standard InChI is InChI=1S/C14H21NO2/c1-5-17-12(4)15(14(16)11(2)3)13-9-7-6-8-10-13/h6-12H,5H2,1-4H3. The Hall–Kier alpha value is -1.35. The quantitative estimate of drug-likeness (QED) is 0.734. The van der Waals surface area contributed by atoms with Crippen LogP contribution in [0.5, 0.6) is 0 Å². The maximum atomic E-state index is 12.2. The Labute approximate surface area is 103 Å². The zero-order valence-corrected chi connectivity index (χ0v) is 11.0.